The Balaban J connectivity index is 0.833. The Hall–Kier alpha value is -5.37. The van der Waals surface area contributed by atoms with Crippen LogP contribution in [0.4, 0.5) is 20.2 Å². The molecule has 4 aromatic rings. The number of nitrogens with one attached hydrogen (secondary N) is 2. The number of fused-ring (bicyclic) bond motifs is 2. The molecule has 3 amide bonds. The van der Waals surface area contributed by atoms with Gasteiger partial charge in [0.1, 0.15) is 23.4 Å². The molecule has 7 rings (SSSR count). The van der Waals surface area contributed by atoms with Crippen molar-refractivity contribution in [2.24, 2.45) is 5.73 Å². The number of carbonyl (C=O) groups is 4. The van der Waals surface area contributed by atoms with Gasteiger partial charge in [0, 0.05) is 72.1 Å². The van der Waals surface area contributed by atoms with Crippen LogP contribution < -0.4 is 26.8 Å². The number of rotatable bonds is 19. The first-order valence-electron chi connectivity index (χ1n) is 21.3. The molecule has 1 aliphatic carbocycles. The molecule has 11 nitrogen and oxygen atoms in total. The van der Waals surface area contributed by atoms with Gasteiger partial charge in [-0.1, -0.05) is 81.1 Å². The molecular weight excluding hydrogens is 787 g/mol. The van der Waals surface area contributed by atoms with Crippen molar-refractivity contribution in [2.75, 3.05) is 24.2 Å². The number of aromatic nitrogens is 1. The van der Waals surface area contributed by atoms with Crippen LogP contribution in [-0.2, 0) is 20.9 Å². The van der Waals surface area contributed by atoms with Gasteiger partial charge in [-0.25, -0.2) is 8.78 Å². The summed E-state index contributed by atoms with van der Waals surface area (Å²) in [5.74, 6) is -3.25. The van der Waals surface area contributed by atoms with E-state index in [9.17, 15) is 28.0 Å². The number of Topliss-reactive ketones (excluding diaryl/α,β-unsaturated/α-hetero) is 1. The third kappa shape index (κ3) is 9.80. The highest BCUT2D eigenvalue weighted by Crippen LogP contribution is 2.45. The quantitative estimate of drug-likeness (QED) is 0.0314. The van der Waals surface area contributed by atoms with Crippen molar-refractivity contribution >= 4 is 63.0 Å². The smallest absolute Gasteiger partial charge is 0.255 e. The second-order valence-corrected chi connectivity index (χ2v) is 16.9. The fraction of sp³-hybridized carbons (Fsp3) is 0.457. The number of thiocarbonyl (C=S) groups is 1. The molecule has 6 N–H and O–H groups in total. The number of benzene rings is 3. The average Bonchev–Trinajstić information content (AvgIpc) is 3.78. The molecule has 1 aromatic heterocycles. The zero-order valence-electron chi connectivity index (χ0n) is 33.9. The van der Waals surface area contributed by atoms with E-state index in [2.05, 4.69) is 21.4 Å². The summed E-state index contributed by atoms with van der Waals surface area (Å²) in [6.45, 7) is 0.841. The Morgan fingerprint density at radius 1 is 0.917 bits per heavy atom. The number of hydrogen-bond acceptors (Lipinski definition) is 8. The number of nitrogens with zero attached hydrogens (tertiary/aromatic N) is 2. The number of alkyl halides is 2. The van der Waals surface area contributed by atoms with Crippen LogP contribution in [0, 0.1) is 0 Å². The van der Waals surface area contributed by atoms with E-state index in [1.165, 1.54) is 4.90 Å². The van der Waals surface area contributed by atoms with Crippen LogP contribution in [0.25, 0.3) is 22.0 Å². The highest BCUT2D eigenvalue weighted by Gasteiger charge is 2.40. The van der Waals surface area contributed by atoms with Crippen molar-refractivity contribution in [3.63, 3.8) is 0 Å². The molecule has 0 radical (unpaired) electrons. The highest BCUT2D eigenvalue weighted by atomic mass is 32.1. The minimum atomic E-state index is -2.63. The number of piperidine rings is 1. The number of amides is 3. The van der Waals surface area contributed by atoms with Crippen LogP contribution in [0.5, 0.6) is 5.75 Å². The summed E-state index contributed by atoms with van der Waals surface area (Å²) in [5.41, 5.74) is 18.7. The van der Waals surface area contributed by atoms with Crippen molar-refractivity contribution in [1.82, 2.24) is 14.8 Å². The Morgan fingerprint density at radius 2 is 1.63 bits per heavy atom. The first kappa shape index (κ1) is 42.7. The third-order valence-electron chi connectivity index (χ3n) is 12.2. The minimum absolute atomic E-state index is 0.00276. The molecule has 60 heavy (non-hydrogen) atoms. The van der Waals surface area contributed by atoms with Crippen LogP contribution in [0.2, 0.25) is 0 Å². The number of carbonyl (C=O) groups excluding carboxylic acids is 4. The predicted octanol–water partition coefficient (Wildman–Crippen LogP) is 8.61. The van der Waals surface area contributed by atoms with Crippen molar-refractivity contribution in [2.45, 2.75) is 121 Å². The lowest BCUT2D eigenvalue weighted by Gasteiger charge is -2.30. The summed E-state index contributed by atoms with van der Waals surface area (Å²) < 4.78 is 36.5. The molecule has 3 aromatic carbocycles. The first-order chi connectivity index (χ1) is 28.9. The maximum atomic E-state index is 14.2. The zero-order valence-corrected chi connectivity index (χ0v) is 34.7. The van der Waals surface area contributed by atoms with Crippen molar-refractivity contribution in [3.8, 4) is 16.9 Å². The van der Waals surface area contributed by atoms with Gasteiger partial charge in [0.2, 0.25) is 17.7 Å². The van der Waals surface area contributed by atoms with Crippen molar-refractivity contribution < 1.29 is 32.7 Å². The largest absolute Gasteiger partial charge is 0.485 e. The van der Waals surface area contributed by atoms with Crippen LogP contribution in [-0.4, -0.2) is 63.1 Å². The maximum absolute atomic E-state index is 14.2. The summed E-state index contributed by atoms with van der Waals surface area (Å²) in [4.78, 5) is 51.5. The number of ketones is 1. The van der Waals surface area contributed by atoms with Gasteiger partial charge in [-0.05, 0) is 61.9 Å². The van der Waals surface area contributed by atoms with Gasteiger partial charge in [0.25, 0.3) is 5.91 Å². The molecule has 0 bridgehead atoms. The number of ether oxygens (including phenoxy) is 1. The third-order valence-corrected chi connectivity index (χ3v) is 12.4. The van der Waals surface area contributed by atoms with Crippen molar-refractivity contribution in [3.05, 3.63) is 77.5 Å². The van der Waals surface area contributed by atoms with E-state index in [1.807, 2.05) is 36.4 Å². The summed E-state index contributed by atoms with van der Waals surface area (Å²) >= 11 is 5.25. The molecular formula is C46H54F2N6O5S. The van der Waals surface area contributed by atoms with Gasteiger partial charge >= 0.3 is 0 Å². The number of anilines is 2. The van der Waals surface area contributed by atoms with Gasteiger partial charge in [-0.15, -0.1) is 0 Å². The van der Waals surface area contributed by atoms with E-state index < -0.39 is 17.9 Å². The van der Waals surface area contributed by atoms with E-state index in [0.717, 1.165) is 91.2 Å². The molecule has 1 unspecified atom stereocenters. The summed E-state index contributed by atoms with van der Waals surface area (Å²) in [5, 5.41) is 6.92. The minimum Gasteiger partial charge on any atom is -0.485 e. The zero-order chi connectivity index (χ0) is 42.4. The SMILES string of the molecule is NC(=S)c1cccc(-c2cn(C3CCC(F)(F)CC3)c3c(NCCCCCCCCCCC(=O)COc4cccc5c4CN(C4CCC(=O)NC4=O)C5=O)c(N)ccc23)c1. The number of nitrogens with two attached hydrogens (primary N) is 2. The van der Waals surface area contributed by atoms with Crippen LogP contribution in [0.1, 0.15) is 124 Å². The summed E-state index contributed by atoms with van der Waals surface area (Å²) in [7, 11) is 0. The molecule has 318 valence electrons. The van der Waals surface area contributed by atoms with Gasteiger partial charge in [-0.3, -0.25) is 24.5 Å². The number of hydrogen-bond donors (Lipinski definition) is 4. The summed E-state index contributed by atoms with van der Waals surface area (Å²) in [6.07, 6.45) is 11.5. The molecule has 3 heterocycles. The Kier molecular flexibility index (Phi) is 13.5. The average molecular weight is 841 g/mol. The second kappa shape index (κ2) is 18.9. The van der Waals surface area contributed by atoms with Crippen molar-refractivity contribution in [1.29, 1.82) is 0 Å². The lowest BCUT2D eigenvalue weighted by atomic mass is 9.92. The molecule has 0 spiro atoms. The normalized spacial score (nSPS) is 17.8. The van der Waals surface area contributed by atoms with E-state index >= 15 is 0 Å². The first-order valence-corrected chi connectivity index (χ1v) is 21.7. The fourth-order valence-electron chi connectivity index (χ4n) is 8.86. The van der Waals surface area contributed by atoms with Crippen LogP contribution in [0.15, 0.2) is 60.8 Å². The highest BCUT2D eigenvalue weighted by molar-refractivity contribution is 7.80. The van der Waals surface area contributed by atoms with Crippen LogP contribution >= 0.6 is 12.2 Å². The van der Waals surface area contributed by atoms with Gasteiger partial charge in [0.15, 0.2) is 5.78 Å². The standard InChI is InChI=1S/C46H54F2N6O5S/c47-46(48)22-20-31(21-23-46)53-26-35(29-11-9-12-30(25-29)43(50)60)33-16-17-37(49)41(42(33)53)51-24-8-6-4-2-1-3-5-7-13-32(55)28-59-39-15-10-14-34-36(39)27-54(45(34)58)38-18-19-40(56)52-44(38)57/h9-12,14-17,25-26,31,38,51H,1-8,13,18-24,27-28,49H2,(H2,50,60)(H,52,56,57). The molecule has 1 atom stereocenters. The molecule has 1 saturated carbocycles. The topological polar surface area (TPSA) is 162 Å². The number of nitrogen functional groups attached to an aromatic ring is 1. The van der Waals surface area contributed by atoms with E-state index in [4.69, 9.17) is 28.4 Å². The number of unbranched alkanes of at least 4 members (excludes halogenated alkanes) is 7. The Morgan fingerprint density at radius 3 is 2.37 bits per heavy atom. The molecule has 3 aliphatic rings. The van der Waals surface area contributed by atoms with E-state index in [1.54, 1.807) is 18.2 Å². The molecule has 2 fully saturated rings. The Labute approximate surface area is 354 Å². The molecule has 14 heteroatoms. The van der Waals surface area contributed by atoms with Gasteiger partial charge < -0.3 is 31.0 Å². The summed E-state index contributed by atoms with van der Waals surface area (Å²) in [6, 6.07) is 16.1. The number of halogens is 2. The lowest BCUT2D eigenvalue weighted by molar-refractivity contribution is -0.137. The Bertz CT molecular complexity index is 2270. The van der Waals surface area contributed by atoms with Gasteiger partial charge in [-0.2, -0.15) is 0 Å². The van der Waals surface area contributed by atoms with Gasteiger partial charge in [0.05, 0.1) is 23.4 Å². The van der Waals surface area contributed by atoms with Crippen LogP contribution in [0.3, 0.4) is 0 Å². The monoisotopic (exact) mass is 840 g/mol. The van der Waals surface area contributed by atoms with E-state index in [0.29, 0.717) is 46.8 Å². The fourth-order valence-corrected chi connectivity index (χ4v) is 8.98. The number of imide groups is 1. The molecule has 1 saturated heterocycles. The van der Waals surface area contributed by atoms with E-state index in [-0.39, 0.29) is 62.5 Å². The predicted molar refractivity (Wildman–Crippen MR) is 233 cm³/mol. The lowest BCUT2D eigenvalue weighted by Crippen LogP contribution is -2.52. The maximum Gasteiger partial charge on any atom is 0.255 e. The second-order valence-electron chi connectivity index (χ2n) is 16.4. The molecule has 2 aliphatic heterocycles.